The standard InChI is InChI=1S/C52H63FN8O10S2/c1-5-72(66,67)59-20-21-60(45(30-59)39-9-7-6-8-38(39)32(2)3)35-26-52(27-35)16-18-58(19-17-52)34-10-11-40(46(22-34)71-36-23-41-42(53)29-55-49(41)54-28-36)50(62)57-73(68,69)37-24-44(61(64)65)48-47(25-37)70-31-43(56-48)33-12-14-51(4,63)15-13-33/h6-11,22-25,28-29,32-33,35,43,45,56,63H,5,12-21,26-27,30-31H2,1-4H3,(H,54,55)(H,57,62)/t33?,43-,45-,51?/m1/s1. The number of hydrogen-bond donors (Lipinski definition) is 4. The number of nitrogens with zero attached hydrogens (tertiary/aromatic N) is 5. The smallest absolute Gasteiger partial charge is 0.297 e. The highest BCUT2D eigenvalue weighted by atomic mass is 32.2. The molecule has 73 heavy (non-hydrogen) atoms. The number of fused-ring (bicyclic) bond motifs is 2. The van der Waals surface area contributed by atoms with E-state index in [1.54, 1.807) is 30.3 Å². The van der Waals surface area contributed by atoms with Gasteiger partial charge in [0.25, 0.3) is 21.6 Å². The van der Waals surface area contributed by atoms with Gasteiger partial charge in [-0.05, 0) is 112 Å². The van der Waals surface area contributed by atoms with E-state index in [2.05, 4.69) is 55.8 Å². The Kier molecular flexibility index (Phi) is 13.5. The van der Waals surface area contributed by atoms with Crippen LogP contribution in [0.15, 0.2) is 78.0 Å². The van der Waals surface area contributed by atoms with Crippen LogP contribution in [0.25, 0.3) is 11.0 Å². The van der Waals surface area contributed by atoms with E-state index in [1.165, 1.54) is 29.5 Å². The van der Waals surface area contributed by atoms with Crippen LogP contribution in [0.4, 0.5) is 21.5 Å². The lowest BCUT2D eigenvalue weighted by Gasteiger charge is -2.58. The van der Waals surface area contributed by atoms with Gasteiger partial charge in [0.2, 0.25) is 10.0 Å². The van der Waals surface area contributed by atoms with Gasteiger partial charge in [0.1, 0.15) is 29.6 Å². The highest BCUT2D eigenvalue weighted by Crippen LogP contribution is 2.54. The summed E-state index contributed by atoms with van der Waals surface area (Å²) in [6.07, 6.45) is 8.78. The van der Waals surface area contributed by atoms with Gasteiger partial charge in [0.15, 0.2) is 11.4 Å². The number of rotatable bonds is 13. The first-order chi connectivity index (χ1) is 34.7. The van der Waals surface area contributed by atoms with Crippen LogP contribution in [0.2, 0.25) is 0 Å². The van der Waals surface area contributed by atoms with Crippen molar-refractivity contribution >= 4 is 54.0 Å². The van der Waals surface area contributed by atoms with Crippen LogP contribution < -0.4 is 24.4 Å². The average Bonchev–Trinajstić information content (AvgIpc) is 3.73. The van der Waals surface area contributed by atoms with Crippen molar-refractivity contribution in [2.45, 2.75) is 114 Å². The van der Waals surface area contributed by atoms with Crippen LogP contribution >= 0.6 is 0 Å². The van der Waals surface area contributed by atoms with Crippen LogP contribution in [0, 0.1) is 27.3 Å². The van der Waals surface area contributed by atoms with Crippen LogP contribution in [0.3, 0.4) is 0 Å². The maximum absolute atomic E-state index is 14.7. The van der Waals surface area contributed by atoms with E-state index < -0.39 is 52.9 Å². The third-order valence-electron chi connectivity index (χ3n) is 16.2. The predicted molar refractivity (Wildman–Crippen MR) is 274 cm³/mol. The molecule has 2 saturated carbocycles. The number of nitro benzene ring substituents is 1. The number of amides is 1. The fourth-order valence-electron chi connectivity index (χ4n) is 11.9. The van der Waals surface area contributed by atoms with Gasteiger partial charge in [-0.25, -0.2) is 30.9 Å². The maximum Gasteiger partial charge on any atom is 0.297 e. The van der Waals surface area contributed by atoms with Gasteiger partial charge < -0.3 is 29.8 Å². The Hall–Kier alpha value is -5.87. The molecule has 2 saturated heterocycles. The highest BCUT2D eigenvalue weighted by Gasteiger charge is 2.51. The van der Waals surface area contributed by atoms with Crippen molar-refractivity contribution in [1.82, 2.24) is 23.9 Å². The summed E-state index contributed by atoms with van der Waals surface area (Å²) in [5.41, 5.74) is 2.06. The highest BCUT2D eigenvalue weighted by molar-refractivity contribution is 7.90. The van der Waals surface area contributed by atoms with Crippen molar-refractivity contribution in [2.75, 3.05) is 55.3 Å². The number of benzene rings is 3. The van der Waals surface area contributed by atoms with Crippen molar-refractivity contribution in [3.05, 3.63) is 106 Å². The summed E-state index contributed by atoms with van der Waals surface area (Å²) in [6.45, 7) is 10.8. The molecule has 1 amide bonds. The Morgan fingerprint density at radius 1 is 1.03 bits per heavy atom. The normalized spacial score (nSPS) is 23.9. The third kappa shape index (κ3) is 10.1. The number of piperidine rings is 1. The number of ether oxygens (including phenoxy) is 2. The van der Waals surface area contributed by atoms with E-state index in [1.807, 2.05) is 12.1 Å². The Labute approximate surface area is 424 Å². The van der Waals surface area contributed by atoms with E-state index in [-0.39, 0.29) is 81.2 Å². The molecular weight excluding hydrogens is 980 g/mol. The second-order valence-corrected chi connectivity index (χ2v) is 25.2. The molecule has 0 unspecified atom stereocenters. The Morgan fingerprint density at radius 2 is 1.77 bits per heavy atom. The number of aromatic amines is 1. The van der Waals surface area contributed by atoms with Crippen molar-refractivity contribution < 1.29 is 45.5 Å². The summed E-state index contributed by atoms with van der Waals surface area (Å²) < 4.78 is 85.0. The number of nitrogens with one attached hydrogen (secondary N) is 3. The van der Waals surface area contributed by atoms with Gasteiger partial charge in [-0.1, -0.05) is 38.1 Å². The Balaban J connectivity index is 0.865. The molecule has 10 rings (SSSR count). The zero-order valence-corrected chi connectivity index (χ0v) is 43.1. The minimum atomic E-state index is -4.75. The molecule has 21 heteroatoms. The first-order valence-electron chi connectivity index (χ1n) is 25.3. The molecule has 1 spiro atoms. The molecule has 390 valence electrons. The van der Waals surface area contributed by atoms with E-state index in [9.17, 15) is 41.2 Å². The number of piperazine rings is 1. The first kappa shape index (κ1) is 50.7. The minimum Gasteiger partial charge on any atom is -0.489 e. The van der Waals surface area contributed by atoms with Gasteiger partial charge in [0.05, 0.1) is 44.4 Å². The topological polar surface area (TPSA) is 230 Å². The fraction of sp³-hybridized carbons (Fsp3) is 0.500. The minimum absolute atomic E-state index is 0.0255. The van der Waals surface area contributed by atoms with E-state index in [0.717, 1.165) is 44.0 Å². The average molecular weight is 1040 g/mol. The number of hydrogen-bond acceptors (Lipinski definition) is 14. The first-order valence-corrected chi connectivity index (χ1v) is 28.3. The molecular formula is C52H63FN8O10S2. The third-order valence-corrected chi connectivity index (χ3v) is 19.4. The number of nitro groups is 1. The molecule has 2 aromatic heterocycles. The molecule has 5 heterocycles. The molecule has 2 atom stereocenters. The molecule has 2 aliphatic carbocycles. The molecule has 5 aliphatic rings. The maximum atomic E-state index is 14.7. The van der Waals surface area contributed by atoms with Crippen molar-refractivity contribution in [1.29, 1.82) is 0 Å². The molecule has 18 nitrogen and oxygen atoms in total. The van der Waals surface area contributed by atoms with Crippen LogP contribution in [0.5, 0.6) is 17.2 Å². The largest absolute Gasteiger partial charge is 0.489 e. The summed E-state index contributed by atoms with van der Waals surface area (Å²) in [5.74, 6) is -1.21. The second-order valence-electron chi connectivity index (χ2n) is 21.2. The quantitative estimate of drug-likeness (QED) is 0.0644. The molecule has 4 N–H and O–H groups in total. The molecule has 4 fully saturated rings. The van der Waals surface area contributed by atoms with Gasteiger partial charge in [-0.2, -0.15) is 4.31 Å². The number of aromatic nitrogens is 2. The molecule has 3 aliphatic heterocycles. The van der Waals surface area contributed by atoms with Crippen LogP contribution in [-0.4, -0.2) is 115 Å². The number of anilines is 2. The number of halogens is 1. The number of pyridine rings is 1. The number of carbonyl (C=O) groups excluding carboxylic acids is 1. The number of sulfonamides is 2. The van der Waals surface area contributed by atoms with Crippen LogP contribution in [0.1, 0.15) is 113 Å². The van der Waals surface area contributed by atoms with E-state index in [0.29, 0.717) is 70.1 Å². The summed E-state index contributed by atoms with van der Waals surface area (Å²) in [4.78, 5) is 37.1. The summed E-state index contributed by atoms with van der Waals surface area (Å²) in [6, 6.07) is 16.6. The fourth-order valence-corrected chi connectivity index (χ4v) is 14.0. The second kappa shape index (κ2) is 19.4. The molecule has 5 aromatic rings. The summed E-state index contributed by atoms with van der Waals surface area (Å²) in [7, 11) is -8.12. The number of H-pyrrole nitrogens is 1. The van der Waals surface area contributed by atoms with Crippen LogP contribution in [-0.2, 0) is 20.0 Å². The van der Waals surface area contributed by atoms with E-state index >= 15 is 0 Å². The lowest BCUT2D eigenvalue weighted by Crippen LogP contribution is -2.60. The van der Waals surface area contributed by atoms with Gasteiger partial charge in [-0.15, -0.1) is 0 Å². The van der Waals surface area contributed by atoms with Crippen molar-refractivity contribution in [3.8, 4) is 17.2 Å². The molecule has 0 radical (unpaired) electrons. The molecule has 3 aromatic carbocycles. The molecule has 0 bridgehead atoms. The van der Waals surface area contributed by atoms with Gasteiger partial charge >= 0.3 is 0 Å². The summed E-state index contributed by atoms with van der Waals surface area (Å²) in [5, 5.41) is 26.2. The van der Waals surface area contributed by atoms with E-state index in [4.69, 9.17) is 9.47 Å². The van der Waals surface area contributed by atoms with Gasteiger partial charge in [0, 0.05) is 74.9 Å². The zero-order valence-electron chi connectivity index (χ0n) is 41.5. The van der Waals surface area contributed by atoms with Gasteiger partial charge in [-0.3, -0.25) is 19.8 Å². The lowest BCUT2D eigenvalue weighted by atomic mass is 9.59. The monoisotopic (exact) mass is 1040 g/mol. The number of carbonyl (C=O) groups is 1. The van der Waals surface area contributed by atoms with Crippen molar-refractivity contribution in [2.24, 2.45) is 11.3 Å². The number of aliphatic hydroxyl groups is 1. The Morgan fingerprint density at radius 3 is 2.48 bits per heavy atom. The Bertz CT molecular complexity index is 3160. The predicted octanol–water partition coefficient (Wildman–Crippen LogP) is 8.22. The van der Waals surface area contributed by atoms with Crippen molar-refractivity contribution in [3.63, 3.8) is 0 Å². The SMILES string of the molecule is CCS(=O)(=O)N1CCN(C2CC3(CCN(c4ccc(C(=O)NS(=O)(=O)c5cc6c(c([N+](=O)[O-])c5)N[C@@H](C5CCC(C)(O)CC5)CO6)c(Oc5cnc6[nH]cc(F)c6c5)c4)CC3)C2)[C@@H](c2ccccc2C(C)C)C1. The zero-order chi connectivity index (χ0) is 51.6. The lowest BCUT2D eigenvalue weighted by molar-refractivity contribution is -0.384. The summed E-state index contributed by atoms with van der Waals surface area (Å²) >= 11 is 0.